The normalized spacial score (nSPS) is 12.8. The lowest BCUT2D eigenvalue weighted by molar-refractivity contribution is 0.617. The summed E-state index contributed by atoms with van der Waals surface area (Å²) in [4.78, 5) is 0. The summed E-state index contributed by atoms with van der Waals surface area (Å²) in [6.07, 6.45) is 0.986. The largest absolute Gasteiger partial charge is 0.316 e. The number of nitrogens with one attached hydrogen (secondary N) is 1. The first kappa shape index (κ1) is 14.2. The molecule has 1 nitrogen and oxygen atoms in total. The van der Waals surface area contributed by atoms with Crippen molar-refractivity contribution in [2.45, 2.75) is 19.4 Å². The van der Waals surface area contributed by atoms with Crippen LogP contribution in [-0.2, 0) is 6.42 Å². The second-order valence-electron chi connectivity index (χ2n) is 3.60. The molecule has 1 unspecified atom stereocenters. The van der Waals surface area contributed by atoms with Crippen molar-refractivity contribution in [2.24, 2.45) is 0 Å². The molecule has 0 aliphatic rings. The third-order valence-corrected chi connectivity index (χ3v) is 4.18. The van der Waals surface area contributed by atoms with E-state index in [9.17, 15) is 0 Å². The fourth-order valence-corrected chi connectivity index (χ4v) is 2.58. The van der Waals surface area contributed by atoms with Gasteiger partial charge in [-0.15, -0.1) is 0 Å². The van der Waals surface area contributed by atoms with Gasteiger partial charge in [-0.1, -0.05) is 36.2 Å². The van der Waals surface area contributed by atoms with Crippen molar-refractivity contribution in [1.29, 1.82) is 0 Å². The molecule has 1 atom stereocenters. The van der Waals surface area contributed by atoms with Gasteiger partial charge in [0, 0.05) is 11.8 Å². The molecule has 0 saturated heterocycles. The van der Waals surface area contributed by atoms with E-state index < -0.39 is 0 Å². The van der Waals surface area contributed by atoms with Gasteiger partial charge in [-0.25, -0.2) is 0 Å². The minimum Gasteiger partial charge on any atom is -0.316 e. The van der Waals surface area contributed by atoms with Crippen LogP contribution in [0, 0.1) is 0 Å². The summed E-state index contributed by atoms with van der Waals surface area (Å²) in [6.45, 7) is 2.18. The number of halogens is 2. The summed E-state index contributed by atoms with van der Waals surface area (Å²) in [6, 6.07) is 6.33. The lowest BCUT2D eigenvalue weighted by Crippen LogP contribution is -2.30. The molecule has 0 bridgehead atoms. The van der Waals surface area contributed by atoms with Crippen LogP contribution in [0.25, 0.3) is 0 Å². The molecule has 1 aromatic rings. The number of hydrogen-bond acceptors (Lipinski definition) is 2. The minimum absolute atomic E-state index is 0.488. The summed E-state index contributed by atoms with van der Waals surface area (Å²) in [5, 5.41) is 4.58. The Morgan fingerprint density at radius 3 is 2.62 bits per heavy atom. The number of hydrogen-bond donors (Lipinski definition) is 1. The topological polar surface area (TPSA) is 12.0 Å². The van der Waals surface area contributed by atoms with Crippen molar-refractivity contribution < 1.29 is 0 Å². The highest BCUT2D eigenvalue weighted by atomic mass is 35.5. The lowest BCUT2D eigenvalue weighted by Gasteiger charge is -2.15. The van der Waals surface area contributed by atoms with Crippen molar-refractivity contribution in [3.63, 3.8) is 0 Å². The lowest BCUT2D eigenvalue weighted by atomic mass is 10.1. The highest BCUT2D eigenvalue weighted by Crippen LogP contribution is 2.23. The van der Waals surface area contributed by atoms with Gasteiger partial charge in [0.25, 0.3) is 0 Å². The SMILES string of the molecule is CCSCC(Cc1ccc(Cl)c(Cl)c1)NC. The van der Waals surface area contributed by atoms with Gasteiger partial charge in [0.1, 0.15) is 0 Å². The van der Waals surface area contributed by atoms with Gasteiger partial charge in [-0.2, -0.15) is 11.8 Å². The zero-order valence-electron chi connectivity index (χ0n) is 9.59. The van der Waals surface area contributed by atoms with E-state index in [2.05, 4.69) is 12.2 Å². The molecule has 0 spiro atoms. The summed E-state index contributed by atoms with van der Waals surface area (Å²) in [5.74, 6) is 2.27. The van der Waals surface area contributed by atoms with Crippen LogP contribution in [0.4, 0.5) is 0 Å². The maximum Gasteiger partial charge on any atom is 0.0595 e. The predicted molar refractivity (Wildman–Crippen MR) is 76.0 cm³/mol. The van der Waals surface area contributed by atoms with Crippen LogP contribution in [0.15, 0.2) is 18.2 Å². The van der Waals surface area contributed by atoms with Gasteiger partial charge >= 0.3 is 0 Å². The molecule has 0 amide bonds. The van der Waals surface area contributed by atoms with E-state index in [4.69, 9.17) is 23.2 Å². The summed E-state index contributed by atoms with van der Waals surface area (Å²) >= 11 is 13.8. The van der Waals surface area contributed by atoms with Crippen LogP contribution in [0.1, 0.15) is 12.5 Å². The molecule has 0 saturated carbocycles. The molecule has 0 radical (unpaired) electrons. The van der Waals surface area contributed by atoms with E-state index in [1.54, 1.807) is 0 Å². The van der Waals surface area contributed by atoms with Gasteiger partial charge < -0.3 is 5.32 Å². The van der Waals surface area contributed by atoms with Crippen LogP contribution in [0.5, 0.6) is 0 Å². The number of thioether (sulfide) groups is 1. The van der Waals surface area contributed by atoms with E-state index in [1.807, 2.05) is 37.0 Å². The Morgan fingerprint density at radius 1 is 1.31 bits per heavy atom. The number of benzene rings is 1. The minimum atomic E-state index is 0.488. The van der Waals surface area contributed by atoms with Crippen LogP contribution in [-0.4, -0.2) is 24.6 Å². The number of rotatable bonds is 6. The molecule has 0 fully saturated rings. The molecule has 1 N–H and O–H groups in total. The molecule has 90 valence electrons. The molecule has 0 aromatic heterocycles. The summed E-state index contributed by atoms with van der Waals surface area (Å²) in [7, 11) is 2.00. The average molecular weight is 278 g/mol. The number of likely N-dealkylation sites (N-methyl/N-ethyl adjacent to an activating group) is 1. The molecule has 0 heterocycles. The maximum absolute atomic E-state index is 5.99. The van der Waals surface area contributed by atoms with Crippen molar-refractivity contribution in [3.8, 4) is 0 Å². The van der Waals surface area contributed by atoms with Crippen LogP contribution < -0.4 is 5.32 Å². The van der Waals surface area contributed by atoms with Crippen molar-refractivity contribution >= 4 is 35.0 Å². The Bertz CT molecular complexity index is 331. The molecule has 16 heavy (non-hydrogen) atoms. The molecular formula is C12H17Cl2NS. The summed E-state index contributed by atoms with van der Waals surface area (Å²) < 4.78 is 0. The average Bonchev–Trinajstić information content (AvgIpc) is 2.29. The Kier molecular flexibility index (Phi) is 6.59. The second-order valence-corrected chi connectivity index (χ2v) is 5.73. The van der Waals surface area contributed by atoms with Gasteiger partial charge in [0.2, 0.25) is 0 Å². The third-order valence-electron chi connectivity index (χ3n) is 2.40. The second kappa shape index (κ2) is 7.44. The smallest absolute Gasteiger partial charge is 0.0595 e. The van der Waals surface area contributed by atoms with Gasteiger partial charge in [0.15, 0.2) is 0 Å². The van der Waals surface area contributed by atoms with Crippen molar-refractivity contribution in [1.82, 2.24) is 5.32 Å². The molecule has 4 heteroatoms. The zero-order chi connectivity index (χ0) is 12.0. The molecule has 1 rings (SSSR count). The predicted octanol–water partition coefficient (Wildman–Crippen LogP) is 3.88. The fourth-order valence-electron chi connectivity index (χ4n) is 1.46. The first-order chi connectivity index (χ1) is 7.67. The monoisotopic (exact) mass is 277 g/mol. The Balaban J connectivity index is 2.59. The molecule has 0 aliphatic heterocycles. The van der Waals surface area contributed by atoms with Crippen molar-refractivity contribution in [2.75, 3.05) is 18.6 Å². The molecule has 0 aliphatic carbocycles. The van der Waals surface area contributed by atoms with E-state index in [0.29, 0.717) is 16.1 Å². The van der Waals surface area contributed by atoms with Crippen LogP contribution in [0.3, 0.4) is 0 Å². The molecular weight excluding hydrogens is 261 g/mol. The quantitative estimate of drug-likeness (QED) is 0.847. The Morgan fingerprint density at radius 2 is 2.06 bits per heavy atom. The highest BCUT2D eigenvalue weighted by molar-refractivity contribution is 7.99. The third kappa shape index (κ3) is 4.54. The van der Waals surface area contributed by atoms with Gasteiger partial charge in [0.05, 0.1) is 10.0 Å². The standard InChI is InChI=1S/C12H17Cl2NS/c1-3-16-8-10(15-2)6-9-4-5-11(13)12(14)7-9/h4-5,7,10,15H,3,6,8H2,1-2H3. The van der Waals surface area contributed by atoms with Crippen LogP contribution in [0.2, 0.25) is 10.0 Å². The van der Waals surface area contributed by atoms with Crippen LogP contribution >= 0.6 is 35.0 Å². The van der Waals surface area contributed by atoms with E-state index >= 15 is 0 Å². The first-order valence-corrected chi connectivity index (χ1v) is 7.27. The van der Waals surface area contributed by atoms with E-state index in [0.717, 1.165) is 17.9 Å². The van der Waals surface area contributed by atoms with E-state index in [-0.39, 0.29) is 0 Å². The van der Waals surface area contributed by atoms with Crippen molar-refractivity contribution in [3.05, 3.63) is 33.8 Å². The first-order valence-electron chi connectivity index (χ1n) is 5.36. The zero-order valence-corrected chi connectivity index (χ0v) is 11.9. The Hall–Kier alpha value is 0.110. The Labute approximate surface area is 112 Å². The highest BCUT2D eigenvalue weighted by Gasteiger charge is 2.08. The molecule has 1 aromatic carbocycles. The van der Waals surface area contributed by atoms with Gasteiger partial charge in [-0.05, 0) is 36.9 Å². The van der Waals surface area contributed by atoms with Gasteiger partial charge in [-0.3, -0.25) is 0 Å². The van der Waals surface area contributed by atoms with E-state index in [1.165, 1.54) is 5.56 Å². The maximum atomic E-state index is 5.99. The summed E-state index contributed by atoms with van der Waals surface area (Å²) in [5.41, 5.74) is 1.23. The fraction of sp³-hybridized carbons (Fsp3) is 0.500.